The number of aromatic nitrogens is 2. The van der Waals surface area contributed by atoms with Crippen molar-refractivity contribution in [2.75, 3.05) is 19.7 Å². The van der Waals surface area contributed by atoms with E-state index in [4.69, 9.17) is 10.5 Å². The molecule has 102 valence electrons. The molecule has 1 saturated heterocycles. The molecule has 0 aliphatic carbocycles. The minimum Gasteiger partial charge on any atom is -0.376 e. The molecule has 1 aliphatic rings. The highest BCUT2D eigenvalue weighted by atomic mass is 16.5. The van der Waals surface area contributed by atoms with Crippen molar-refractivity contribution in [2.24, 2.45) is 5.73 Å². The molecule has 2 N–H and O–H groups in total. The van der Waals surface area contributed by atoms with Crippen LogP contribution in [0.25, 0.3) is 0 Å². The molecule has 3 atom stereocenters. The van der Waals surface area contributed by atoms with Gasteiger partial charge in [-0.1, -0.05) is 0 Å². The Labute approximate surface area is 109 Å². The van der Waals surface area contributed by atoms with Crippen molar-refractivity contribution in [3.63, 3.8) is 0 Å². The minimum atomic E-state index is 0.230. The second kappa shape index (κ2) is 5.82. The highest BCUT2D eigenvalue weighted by molar-refractivity contribution is 5.07. The molecule has 0 radical (unpaired) electrons. The van der Waals surface area contributed by atoms with E-state index in [2.05, 4.69) is 35.2 Å². The Hall–Kier alpha value is -0.910. The first-order valence-corrected chi connectivity index (χ1v) is 6.74. The van der Waals surface area contributed by atoms with E-state index in [0.717, 1.165) is 19.7 Å². The fourth-order valence-electron chi connectivity index (χ4n) is 2.66. The van der Waals surface area contributed by atoms with Gasteiger partial charge in [0.15, 0.2) is 0 Å². The van der Waals surface area contributed by atoms with Gasteiger partial charge in [0.1, 0.15) is 0 Å². The third-order valence-electron chi connectivity index (χ3n) is 3.71. The zero-order valence-corrected chi connectivity index (χ0v) is 11.5. The standard InChI is InChI=1S/C13H24N4O/c1-4-16-9-15-6-13(16)12(5-14)17-7-11(3)18-8-10(17)2/h6,9-12H,4-5,7-8,14H2,1-3H3. The van der Waals surface area contributed by atoms with Crippen LogP contribution in [0.1, 0.15) is 32.5 Å². The fourth-order valence-corrected chi connectivity index (χ4v) is 2.66. The van der Waals surface area contributed by atoms with Crippen LogP contribution >= 0.6 is 0 Å². The average Bonchev–Trinajstić information content (AvgIpc) is 2.83. The van der Waals surface area contributed by atoms with Gasteiger partial charge in [-0.25, -0.2) is 4.98 Å². The zero-order valence-electron chi connectivity index (χ0n) is 11.5. The Balaban J connectivity index is 2.22. The van der Waals surface area contributed by atoms with Gasteiger partial charge in [0.25, 0.3) is 0 Å². The summed E-state index contributed by atoms with van der Waals surface area (Å²) < 4.78 is 7.85. The van der Waals surface area contributed by atoms with Crippen LogP contribution in [0.15, 0.2) is 12.5 Å². The molecule has 5 heteroatoms. The monoisotopic (exact) mass is 252 g/mol. The third kappa shape index (κ3) is 2.58. The summed E-state index contributed by atoms with van der Waals surface area (Å²) in [5.41, 5.74) is 7.21. The molecule has 2 rings (SSSR count). The van der Waals surface area contributed by atoms with Crippen molar-refractivity contribution >= 4 is 0 Å². The van der Waals surface area contributed by atoms with E-state index in [0.29, 0.717) is 12.6 Å². The van der Waals surface area contributed by atoms with E-state index in [1.807, 2.05) is 12.5 Å². The molecule has 1 aromatic heterocycles. The third-order valence-corrected chi connectivity index (χ3v) is 3.71. The first-order valence-electron chi connectivity index (χ1n) is 6.74. The number of hydrogen-bond acceptors (Lipinski definition) is 4. The van der Waals surface area contributed by atoms with Gasteiger partial charge in [0.05, 0.1) is 30.8 Å². The number of morpholine rings is 1. The molecule has 3 unspecified atom stereocenters. The molecule has 0 saturated carbocycles. The second-order valence-corrected chi connectivity index (χ2v) is 5.05. The van der Waals surface area contributed by atoms with Crippen LogP contribution in [-0.4, -0.2) is 46.3 Å². The van der Waals surface area contributed by atoms with E-state index >= 15 is 0 Å². The Morgan fingerprint density at radius 2 is 2.33 bits per heavy atom. The van der Waals surface area contributed by atoms with Gasteiger partial charge in [0, 0.05) is 31.9 Å². The number of aryl methyl sites for hydroxylation is 1. The van der Waals surface area contributed by atoms with E-state index in [9.17, 15) is 0 Å². The Morgan fingerprint density at radius 1 is 1.56 bits per heavy atom. The van der Waals surface area contributed by atoms with Gasteiger partial charge in [-0.2, -0.15) is 0 Å². The lowest BCUT2D eigenvalue weighted by molar-refractivity contribution is -0.0664. The molecule has 5 nitrogen and oxygen atoms in total. The maximum absolute atomic E-state index is 6.00. The van der Waals surface area contributed by atoms with Gasteiger partial charge in [0.2, 0.25) is 0 Å². The first kappa shape index (κ1) is 13.5. The first-order chi connectivity index (χ1) is 8.67. The fraction of sp³-hybridized carbons (Fsp3) is 0.769. The lowest BCUT2D eigenvalue weighted by Crippen LogP contribution is -2.50. The maximum atomic E-state index is 6.00. The number of imidazole rings is 1. The van der Waals surface area contributed by atoms with Gasteiger partial charge in [-0.3, -0.25) is 4.90 Å². The number of nitrogens with two attached hydrogens (primary N) is 1. The van der Waals surface area contributed by atoms with Crippen LogP contribution in [-0.2, 0) is 11.3 Å². The minimum absolute atomic E-state index is 0.230. The molecule has 2 heterocycles. The van der Waals surface area contributed by atoms with Gasteiger partial charge >= 0.3 is 0 Å². The number of hydrogen-bond donors (Lipinski definition) is 1. The lowest BCUT2D eigenvalue weighted by Gasteiger charge is -2.41. The van der Waals surface area contributed by atoms with Crippen LogP contribution in [0.5, 0.6) is 0 Å². The normalized spacial score (nSPS) is 27.3. The number of rotatable bonds is 4. The van der Waals surface area contributed by atoms with Gasteiger partial charge in [-0.05, 0) is 20.8 Å². The Kier molecular flexibility index (Phi) is 4.37. The van der Waals surface area contributed by atoms with Crippen molar-refractivity contribution in [3.8, 4) is 0 Å². The quantitative estimate of drug-likeness (QED) is 0.869. The molecule has 1 aliphatic heterocycles. The predicted octanol–water partition coefficient (Wildman–Crippen LogP) is 1.01. The molecule has 18 heavy (non-hydrogen) atoms. The molecule has 0 spiro atoms. The van der Waals surface area contributed by atoms with E-state index in [1.54, 1.807) is 0 Å². The largest absolute Gasteiger partial charge is 0.376 e. The summed E-state index contributed by atoms with van der Waals surface area (Å²) in [5, 5.41) is 0. The molecular weight excluding hydrogens is 228 g/mol. The lowest BCUT2D eigenvalue weighted by atomic mass is 10.1. The van der Waals surface area contributed by atoms with Crippen molar-refractivity contribution in [1.29, 1.82) is 0 Å². The highest BCUT2D eigenvalue weighted by Crippen LogP contribution is 2.25. The smallest absolute Gasteiger partial charge is 0.0948 e. The molecule has 1 aromatic rings. The van der Waals surface area contributed by atoms with Crippen LogP contribution in [0.4, 0.5) is 0 Å². The van der Waals surface area contributed by atoms with Crippen molar-refractivity contribution < 1.29 is 4.74 Å². The predicted molar refractivity (Wildman–Crippen MR) is 71.3 cm³/mol. The van der Waals surface area contributed by atoms with E-state index in [1.165, 1.54) is 5.69 Å². The van der Waals surface area contributed by atoms with Crippen molar-refractivity contribution in [1.82, 2.24) is 14.5 Å². The Bertz CT molecular complexity index is 379. The Morgan fingerprint density at radius 3 is 3.00 bits per heavy atom. The maximum Gasteiger partial charge on any atom is 0.0948 e. The number of nitrogens with zero attached hydrogens (tertiary/aromatic N) is 3. The summed E-state index contributed by atoms with van der Waals surface area (Å²) in [7, 11) is 0. The van der Waals surface area contributed by atoms with Crippen LogP contribution in [0.2, 0.25) is 0 Å². The van der Waals surface area contributed by atoms with Gasteiger partial charge < -0.3 is 15.0 Å². The molecule has 0 aromatic carbocycles. The molecule has 0 bridgehead atoms. The van der Waals surface area contributed by atoms with E-state index < -0.39 is 0 Å². The summed E-state index contributed by atoms with van der Waals surface area (Å²) in [6.07, 6.45) is 4.09. The van der Waals surface area contributed by atoms with E-state index in [-0.39, 0.29) is 12.1 Å². The molecule has 0 amide bonds. The van der Waals surface area contributed by atoms with Crippen LogP contribution in [0, 0.1) is 0 Å². The van der Waals surface area contributed by atoms with Crippen molar-refractivity contribution in [3.05, 3.63) is 18.2 Å². The molecule has 1 fully saturated rings. The second-order valence-electron chi connectivity index (χ2n) is 5.05. The van der Waals surface area contributed by atoms with Crippen LogP contribution < -0.4 is 5.73 Å². The topological polar surface area (TPSA) is 56.3 Å². The average molecular weight is 252 g/mol. The highest BCUT2D eigenvalue weighted by Gasteiger charge is 2.31. The summed E-state index contributed by atoms with van der Waals surface area (Å²) in [6.45, 7) is 9.69. The zero-order chi connectivity index (χ0) is 13.1. The van der Waals surface area contributed by atoms with Crippen molar-refractivity contribution in [2.45, 2.75) is 45.5 Å². The summed E-state index contributed by atoms with van der Waals surface area (Å²) in [4.78, 5) is 6.69. The van der Waals surface area contributed by atoms with Crippen LogP contribution in [0.3, 0.4) is 0 Å². The van der Waals surface area contributed by atoms with Gasteiger partial charge in [-0.15, -0.1) is 0 Å². The number of ether oxygens (including phenoxy) is 1. The summed E-state index contributed by atoms with van der Waals surface area (Å²) in [6, 6.07) is 0.628. The SMILES string of the molecule is CCn1cncc1C(CN)N1CC(C)OCC1C. The summed E-state index contributed by atoms with van der Waals surface area (Å²) in [5.74, 6) is 0. The summed E-state index contributed by atoms with van der Waals surface area (Å²) >= 11 is 0. The molecular formula is C13H24N4O.